The Bertz CT molecular complexity index is 539. The van der Waals surface area contributed by atoms with E-state index in [9.17, 15) is 0 Å². The van der Waals surface area contributed by atoms with Gasteiger partial charge in [0.1, 0.15) is 19.7 Å². The molecule has 0 amide bonds. The van der Waals surface area contributed by atoms with E-state index in [-0.39, 0.29) is 12.2 Å². The minimum atomic E-state index is 0.194. The summed E-state index contributed by atoms with van der Waals surface area (Å²) in [5.41, 5.74) is 0. The van der Waals surface area contributed by atoms with Crippen LogP contribution in [0.1, 0.15) is 25.7 Å². The Kier molecular flexibility index (Phi) is 3.37. The fourth-order valence-corrected chi connectivity index (χ4v) is 6.52. The monoisotopic (exact) mass is 333 g/mol. The molecule has 2 aliphatic carbocycles. The number of rotatable bonds is 0. The van der Waals surface area contributed by atoms with E-state index in [4.69, 9.17) is 18.9 Å². The predicted molar refractivity (Wildman–Crippen MR) is 86.2 cm³/mol. The average Bonchev–Trinajstić information content (AvgIpc) is 3.26. The Morgan fingerprint density at radius 3 is 2.67 bits per heavy atom. The van der Waals surface area contributed by atoms with Gasteiger partial charge in [0.2, 0.25) is 0 Å². The minimum Gasteiger partial charge on any atom is -0.349 e. The van der Waals surface area contributed by atoms with E-state index < -0.39 is 0 Å². The second-order valence-corrected chi connectivity index (χ2v) is 8.60. The second kappa shape index (κ2) is 5.52. The summed E-state index contributed by atoms with van der Waals surface area (Å²) < 4.78 is 23.3. The van der Waals surface area contributed by atoms with Crippen LogP contribution in [0.4, 0.5) is 0 Å². The lowest BCUT2D eigenvalue weighted by Crippen LogP contribution is -2.60. The molecule has 9 atom stereocenters. The summed E-state index contributed by atoms with van der Waals surface area (Å²) in [5, 5.41) is 0. The molecule has 4 aliphatic heterocycles. The normalized spacial score (nSPS) is 56.1. The molecule has 5 nitrogen and oxygen atoms in total. The number of hydrogen-bond donors (Lipinski definition) is 0. The van der Waals surface area contributed by atoms with Crippen LogP contribution in [-0.2, 0) is 18.9 Å². The van der Waals surface area contributed by atoms with Crippen molar-refractivity contribution in [2.75, 3.05) is 26.7 Å². The zero-order valence-electron chi connectivity index (χ0n) is 14.1. The molecule has 5 fully saturated rings. The third-order valence-corrected chi connectivity index (χ3v) is 7.70. The van der Waals surface area contributed by atoms with Gasteiger partial charge in [-0.05, 0) is 50.0 Å². The molecule has 0 bridgehead atoms. The fourth-order valence-electron chi connectivity index (χ4n) is 6.52. The van der Waals surface area contributed by atoms with Crippen LogP contribution in [0.2, 0.25) is 0 Å². The van der Waals surface area contributed by atoms with Crippen molar-refractivity contribution in [3.05, 3.63) is 12.2 Å². The third-order valence-electron chi connectivity index (χ3n) is 7.70. The van der Waals surface area contributed by atoms with Crippen molar-refractivity contribution in [2.24, 2.45) is 23.7 Å². The maximum absolute atomic E-state index is 5.93. The topological polar surface area (TPSA) is 40.2 Å². The molecule has 0 spiro atoms. The summed E-state index contributed by atoms with van der Waals surface area (Å²) in [6.07, 6.45) is 10.9. The van der Waals surface area contributed by atoms with Crippen LogP contribution in [0, 0.1) is 23.7 Å². The molecule has 0 aromatic heterocycles. The molecule has 0 aromatic carbocycles. The van der Waals surface area contributed by atoms with Crippen molar-refractivity contribution in [3.63, 3.8) is 0 Å². The molecule has 24 heavy (non-hydrogen) atoms. The van der Waals surface area contributed by atoms with Gasteiger partial charge in [0.05, 0.1) is 18.3 Å². The largest absolute Gasteiger partial charge is 0.349 e. The molecule has 1 saturated carbocycles. The molecule has 132 valence electrons. The molecule has 0 N–H and O–H groups in total. The van der Waals surface area contributed by atoms with Crippen molar-refractivity contribution in [1.82, 2.24) is 4.90 Å². The number of ether oxygens (including phenoxy) is 4. The minimum absolute atomic E-state index is 0.194. The molecule has 4 saturated heterocycles. The molecular weight excluding hydrogens is 306 g/mol. The van der Waals surface area contributed by atoms with Gasteiger partial charge in [0.15, 0.2) is 0 Å². The van der Waals surface area contributed by atoms with E-state index in [0.717, 1.165) is 17.9 Å². The van der Waals surface area contributed by atoms with Gasteiger partial charge >= 0.3 is 0 Å². The summed E-state index contributed by atoms with van der Waals surface area (Å²) in [4.78, 5) is 2.77. The summed E-state index contributed by atoms with van der Waals surface area (Å²) in [6, 6.07) is 0.721. The molecule has 0 aromatic rings. The van der Waals surface area contributed by atoms with E-state index in [0.29, 0.717) is 37.6 Å². The van der Waals surface area contributed by atoms with E-state index in [1.807, 2.05) is 0 Å². The molecular formula is C19H27NO4. The first-order valence-electron chi connectivity index (χ1n) is 9.75. The lowest BCUT2D eigenvalue weighted by Gasteiger charge is -2.55. The Labute approximate surface area is 143 Å². The number of piperidine rings is 2. The standard InChI is InChI=1S/C19H27NO4/c1-2-16-19(24-10-21-16)14-8-20-4-3-12-6-17-18(23-9-22-17)7-13(12)15(20)5-11(1)14/h1-2,11-19H,3-10H2. The molecule has 5 heteroatoms. The SMILES string of the molecule is C1=CC2OCOC2C2CN3CCC4CC5OCOC5CC4C3CC12. The van der Waals surface area contributed by atoms with Crippen LogP contribution in [0.25, 0.3) is 0 Å². The number of hydrogen-bond acceptors (Lipinski definition) is 5. The Morgan fingerprint density at radius 1 is 0.833 bits per heavy atom. The van der Waals surface area contributed by atoms with E-state index in [1.54, 1.807) is 0 Å². The average molecular weight is 333 g/mol. The maximum Gasteiger partial charge on any atom is 0.148 e. The van der Waals surface area contributed by atoms with Crippen LogP contribution in [0.15, 0.2) is 12.2 Å². The van der Waals surface area contributed by atoms with Crippen LogP contribution < -0.4 is 0 Å². The number of allylic oxidation sites excluding steroid dienone is 1. The van der Waals surface area contributed by atoms with Crippen molar-refractivity contribution in [2.45, 2.75) is 56.1 Å². The molecule has 9 unspecified atom stereocenters. The first kappa shape index (κ1) is 14.7. The predicted octanol–water partition coefficient (Wildman–Crippen LogP) is 1.78. The Hall–Kier alpha value is -0.460. The highest BCUT2D eigenvalue weighted by atomic mass is 16.7. The third kappa shape index (κ3) is 2.12. The highest BCUT2D eigenvalue weighted by molar-refractivity contribution is 5.13. The quantitative estimate of drug-likeness (QED) is 0.632. The van der Waals surface area contributed by atoms with Crippen LogP contribution >= 0.6 is 0 Å². The number of nitrogens with zero attached hydrogens (tertiary/aromatic N) is 1. The van der Waals surface area contributed by atoms with Gasteiger partial charge < -0.3 is 18.9 Å². The fraction of sp³-hybridized carbons (Fsp3) is 0.895. The maximum atomic E-state index is 5.93. The zero-order valence-corrected chi connectivity index (χ0v) is 14.1. The van der Waals surface area contributed by atoms with Crippen molar-refractivity contribution in [1.29, 1.82) is 0 Å². The first-order valence-corrected chi connectivity index (χ1v) is 9.75. The molecule has 0 radical (unpaired) electrons. The van der Waals surface area contributed by atoms with Gasteiger partial charge in [-0.2, -0.15) is 0 Å². The van der Waals surface area contributed by atoms with Crippen molar-refractivity contribution in [3.8, 4) is 0 Å². The Morgan fingerprint density at radius 2 is 1.71 bits per heavy atom. The second-order valence-electron chi connectivity index (χ2n) is 8.60. The van der Waals surface area contributed by atoms with Crippen LogP contribution in [0.5, 0.6) is 0 Å². The number of fused-ring (bicyclic) bond motifs is 7. The van der Waals surface area contributed by atoms with Gasteiger partial charge in [0, 0.05) is 18.5 Å². The van der Waals surface area contributed by atoms with E-state index >= 15 is 0 Å². The summed E-state index contributed by atoms with van der Waals surface area (Å²) in [6.45, 7) is 3.41. The first-order chi connectivity index (χ1) is 11.9. The van der Waals surface area contributed by atoms with Crippen molar-refractivity contribution >= 4 is 0 Å². The lowest BCUT2D eigenvalue weighted by atomic mass is 9.63. The summed E-state index contributed by atoms with van der Waals surface area (Å²) in [7, 11) is 0. The zero-order chi connectivity index (χ0) is 15.7. The molecule has 6 rings (SSSR count). The highest BCUT2D eigenvalue weighted by Gasteiger charge is 2.52. The van der Waals surface area contributed by atoms with E-state index in [2.05, 4.69) is 17.1 Å². The van der Waals surface area contributed by atoms with Gasteiger partial charge in [-0.25, -0.2) is 0 Å². The van der Waals surface area contributed by atoms with Crippen LogP contribution in [0.3, 0.4) is 0 Å². The summed E-state index contributed by atoms with van der Waals surface area (Å²) >= 11 is 0. The van der Waals surface area contributed by atoms with Crippen molar-refractivity contribution < 1.29 is 18.9 Å². The van der Waals surface area contributed by atoms with E-state index in [1.165, 1.54) is 38.8 Å². The molecule has 6 aliphatic rings. The molecule has 4 heterocycles. The van der Waals surface area contributed by atoms with Gasteiger partial charge in [0.25, 0.3) is 0 Å². The highest BCUT2D eigenvalue weighted by Crippen LogP contribution is 2.49. The van der Waals surface area contributed by atoms with Gasteiger partial charge in [-0.1, -0.05) is 12.2 Å². The Balaban J connectivity index is 1.25. The van der Waals surface area contributed by atoms with Gasteiger partial charge in [-0.15, -0.1) is 0 Å². The lowest BCUT2D eigenvalue weighted by molar-refractivity contribution is -0.0861. The van der Waals surface area contributed by atoms with Gasteiger partial charge in [-0.3, -0.25) is 4.90 Å². The smallest absolute Gasteiger partial charge is 0.148 e. The summed E-state index contributed by atoms with van der Waals surface area (Å²) in [5.74, 6) is 2.88. The van der Waals surface area contributed by atoms with Crippen LogP contribution in [-0.4, -0.2) is 62.0 Å².